The normalized spacial score (nSPS) is 45.7. The summed E-state index contributed by atoms with van der Waals surface area (Å²) in [4.78, 5) is 0. The summed E-state index contributed by atoms with van der Waals surface area (Å²) >= 11 is 3.43. The molecular weight excluding hydrogens is 232 g/mol. The Kier molecular flexibility index (Phi) is 2.96. The average molecular weight is 249 g/mol. The molecule has 13 heavy (non-hydrogen) atoms. The summed E-state index contributed by atoms with van der Waals surface area (Å²) in [6, 6.07) is 0. The molecule has 1 aliphatic heterocycles. The molecule has 1 aliphatic carbocycles. The van der Waals surface area contributed by atoms with E-state index in [0.717, 1.165) is 30.7 Å². The Labute approximate surface area is 88.1 Å². The van der Waals surface area contributed by atoms with Crippen molar-refractivity contribution in [1.29, 1.82) is 0 Å². The van der Waals surface area contributed by atoms with E-state index < -0.39 is 0 Å². The number of hydrogen-bond donors (Lipinski definition) is 0. The van der Waals surface area contributed by atoms with Crippen molar-refractivity contribution in [3.63, 3.8) is 0 Å². The highest BCUT2D eigenvalue weighted by Crippen LogP contribution is 2.39. The van der Waals surface area contributed by atoms with Gasteiger partial charge in [0.25, 0.3) is 0 Å². The van der Waals surface area contributed by atoms with Gasteiger partial charge in [-0.15, -0.1) is 0 Å². The number of rotatable bonds is 1. The smallest absolute Gasteiger partial charge is 0.168 e. The third kappa shape index (κ3) is 2.08. The molecule has 0 bridgehead atoms. The minimum Gasteiger partial charge on any atom is -0.347 e. The lowest BCUT2D eigenvalue weighted by molar-refractivity contribution is -0.189. The first kappa shape index (κ1) is 9.94. The van der Waals surface area contributed by atoms with Crippen LogP contribution >= 0.6 is 15.9 Å². The quantitative estimate of drug-likeness (QED) is 0.665. The molecule has 1 saturated heterocycles. The fourth-order valence-electron chi connectivity index (χ4n) is 2.16. The molecule has 0 aromatic rings. The molecule has 0 amide bonds. The van der Waals surface area contributed by atoms with Gasteiger partial charge in [-0.1, -0.05) is 22.9 Å². The standard InChI is InChI=1S/C10H17BrO2/c1-8-2-4-10(5-3-8)12-7-9(6-11)13-10/h8-9H,2-7H2,1H3. The topological polar surface area (TPSA) is 18.5 Å². The number of halogens is 1. The molecule has 2 nitrogen and oxygen atoms in total. The third-order valence-corrected chi connectivity index (χ3v) is 3.84. The summed E-state index contributed by atoms with van der Waals surface area (Å²) < 4.78 is 11.7. The van der Waals surface area contributed by atoms with E-state index in [1.54, 1.807) is 0 Å². The van der Waals surface area contributed by atoms with Crippen LogP contribution in [-0.2, 0) is 9.47 Å². The molecule has 3 heteroatoms. The van der Waals surface area contributed by atoms with Gasteiger partial charge in [-0.25, -0.2) is 0 Å². The molecule has 2 aliphatic rings. The van der Waals surface area contributed by atoms with Gasteiger partial charge in [0.05, 0.1) is 12.7 Å². The van der Waals surface area contributed by atoms with Crippen LogP contribution < -0.4 is 0 Å². The van der Waals surface area contributed by atoms with Crippen molar-refractivity contribution in [3.05, 3.63) is 0 Å². The van der Waals surface area contributed by atoms with Gasteiger partial charge in [-0.05, 0) is 18.8 Å². The van der Waals surface area contributed by atoms with E-state index in [2.05, 4.69) is 22.9 Å². The SMILES string of the molecule is CC1CCC2(CC1)OCC(CBr)O2. The van der Waals surface area contributed by atoms with Crippen LogP contribution in [0, 0.1) is 5.92 Å². The van der Waals surface area contributed by atoms with E-state index in [-0.39, 0.29) is 11.9 Å². The summed E-state index contributed by atoms with van der Waals surface area (Å²) in [6.45, 7) is 3.07. The molecule has 2 rings (SSSR count). The zero-order valence-corrected chi connectivity index (χ0v) is 9.68. The zero-order chi connectivity index (χ0) is 9.31. The van der Waals surface area contributed by atoms with Crippen molar-refractivity contribution < 1.29 is 9.47 Å². The van der Waals surface area contributed by atoms with Crippen LogP contribution in [0.25, 0.3) is 0 Å². The Hall–Kier alpha value is 0.400. The second kappa shape index (κ2) is 3.87. The molecule has 1 atom stereocenters. The first-order valence-corrected chi connectivity index (χ1v) is 6.24. The lowest BCUT2D eigenvalue weighted by Gasteiger charge is -2.34. The summed E-state index contributed by atoms with van der Waals surface area (Å²) in [5.74, 6) is 0.645. The van der Waals surface area contributed by atoms with Crippen LogP contribution in [0.3, 0.4) is 0 Å². The first-order valence-electron chi connectivity index (χ1n) is 5.12. The molecule has 1 spiro atoms. The Morgan fingerprint density at radius 1 is 1.38 bits per heavy atom. The Morgan fingerprint density at radius 3 is 2.62 bits per heavy atom. The van der Waals surface area contributed by atoms with Gasteiger partial charge in [0.1, 0.15) is 0 Å². The second-order valence-corrected chi connectivity index (χ2v) is 4.95. The van der Waals surface area contributed by atoms with E-state index in [9.17, 15) is 0 Å². The van der Waals surface area contributed by atoms with E-state index in [0.29, 0.717) is 0 Å². The Bertz CT molecular complexity index is 176. The van der Waals surface area contributed by atoms with Crippen LogP contribution in [-0.4, -0.2) is 23.8 Å². The van der Waals surface area contributed by atoms with Gasteiger partial charge in [0.15, 0.2) is 5.79 Å². The summed E-state index contributed by atoms with van der Waals surface area (Å²) in [6.07, 6.45) is 4.92. The van der Waals surface area contributed by atoms with Gasteiger partial charge in [-0.3, -0.25) is 0 Å². The highest BCUT2D eigenvalue weighted by Gasteiger charge is 2.42. The Balaban J connectivity index is 1.92. The predicted molar refractivity (Wildman–Crippen MR) is 55.0 cm³/mol. The van der Waals surface area contributed by atoms with Gasteiger partial charge in [0.2, 0.25) is 0 Å². The highest BCUT2D eigenvalue weighted by atomic mass is 79.9. The largest absolute Gasteiger partial charge is 0.347 e. The molecule has 1 saturated carbocycles. The lowest BCUT2D eigenvalue weighted by atomic mass is 9.86. The van der Waals surface area contributed by atoms with Crippen LogP contribution in [0.1, 0.15) is 32.6 Å². The van der Waals surface area contributed by atoms with Crippen molar-refractivity contribution in [1.82, 2.24) is 0 Å². The fourth-order valence-corrected chi connectivity index (χ4v) is 2.48. The summed E-state index contributed by atoms with van der Waals surface area (Å²) in [5.41, 5.74) is 0. The lowest BCUT2D eigenvalue weighted by Crippen LogP contribution is -2.35. The average Bonchev–Trinajstić information content (AvgIpc) is 2.55. The minimum atomic E-state index is -0.203. The molecule has 1 unspecified atom stereocenters. The molecule has 76 valence electrons. The second-order valence-electron chi connectivity index (χ2n) is 4.30. The van der Waals surface area contributed by atoms with E-state index in [1.165, 1.54) is 12.8 Å². The van der Waals surface area contributed by atoms with Crippen molar-refractivity contribution in [2.24, 2.45) is 5.92 Å². The van der Waals surface area contributed by atoms with Crippen LogP contribution in [0.15, 0.2) is 0 Å². The van der Waals surface area contributed by atoms with E-state index >= 15 is 0 Å². The maximum atomic E-state index is 5.92. The zero-order valence-electron chi connectivity index (χ0n) is 8.09. The van der Waals surface area contributed by atoms with E-state index in [4.69, 9.17) is 9.47 Å². The van der Waals surface area contributed by atoms with Gasteiger partial charge >= 0.3 is 0 Å². The minimum absolute atomic E-state index is 0.203. The number of alkyl halides is 1. The van der Waals surface area contributed by atoms with Gasteiger partial charge < -0.3 is 9.47 Å². The molecule has 0 aromatic carbocycles. The fraction of sp³-hybridized carbons (Fsp3) is 1.00. The van der Waals surface area contributed by atoms with Crippen molar-refractivity contribution in [3.8, 4) is 0 Å². The van der Waals surface area contributed by atoms with Gasteiger partial charge in [0, 0.05) is 18.2 Å². The molecule has 0 radical (unpaired) electrons. The maximum absolute atomic E-state index is 5.92. The molecule has 0 aromatic heterocycles. The van der Waals surface area contributed by atoms with Crippen molar-refractivity contribution in [2.75, 3.05) is 11.9 Å². The summed E-state index contributed by atoms with van der Waals surface area (Å²) in [5, 5.41) is 0.893. The molecule has 0 N–H and O–H groups in total. The Morgan fingerprint density at radius 2 is 2.08 bits per heavy atom. The third-order valence-electron chi connectivity index (χ3n) is 3.12. The van der Waals surface area contributed by atoms with Crippen molar-refractivity contribution in [2.45, 2.75) is 44.5 Å². The summed E-state index contributed by atoms with van der Waals surface area (Å²) in [7, 11) is 0. The predicted octanol–water partition coefficient (Wildman–Crippen LogP) is 2.70. The number of ether oxygens (including phenoxy) is 2. The molecular formula is C10H17BrO2. The van der Waals surface area contributed by atoms with Crippen LogP contribution in [0.5, 0.6) is 0 Å². The molecule has 2 fully saturated rings. The van der Waals surface area contributed by atoms with Crippen LogP contribution in [0.2, 0.25) is 0 Å². The highest BCUT2D eigenvalue weighted by molar-refractivity contribution is 9.09. The maximum Gasteiger partial charge on any atom is 0.168 e. The first-order chi connectivity index (χ1) is 6.24. The van der Waals surface area contributed by atoms with Gasteiger partial charge in [-0.2, -0.15) is 0 Å². The monoisotopic (exact) mass is 248 g/mol. The number of hydrogen-bond acceptors (Lipinski definition) is 2. The van der Waals surface area contributed by atoms with Crippen LogP contribution in [0.4, 0.5) is 0 Å². The van der Waals surface area contributed by atoms with Crippen molar-refractivity contribution >= 4 is 15.9 Å². The molecule has 1 heterocycles. The van der Waals surface area contributed by atoms with E-state index in [1.807, 2.05) is 0 Å².